The van der Waals surface area contributed by atoms with Crippen LogP contribution >= 0.6 is 0 Å². The smallest absolute Gasteiger partial charge is 0.256 e. The molecule has 0 saturated heterocycles. The van der Waals surface area contributed by atoms with Crippen molar-refractivity contribution in [3.63, 3.8) is 0 Å². The van der Waals surface area contributed by atoms with E-state index in [1.54, 1.807) is 6.92 Å². The van der Waals surface area contributed by atoms with Crippen molar-refractivity contribution in [1.82, 2.24) is 5.32 Å². The number of aliphatic imine (C=N–C) groups is 1. The lowest BCUT2D eigenvalue weighted by molar-refractivity contribution is 0.0976. The van der Waals surface area contributed by atoms with E-state index in [1.165, 1.54) is 0 Å². The Hall–Kier alpha value is -2.08. The lowest BCUT2D eigenvalue weighted by atomic mass is 10.1. The van der Waals surface area contributed by atoms with Crippen LogP contribution in [0.15, 0.2) is 23.2 Å². The molecule has 3 nitrogen and oxygen atoms in total. The molecule has 0 fully saturated rings. The molecule has 3 heteroatoms. The molecule has 0 aromatic heterocycles. The maximum atomic E-state index is 12.2. The fourth-order valence-electron chi connectivity index (χ4n) is 1.82. The summed E-state index contributed by atoms with van der Waals surface area (Å²) in [7, 11) is 0. The quantitative estimate of drug-likeness (QED) is 0.512. The van der Waals surface area contributed by atoms with Crippen LogP contribution in [0.25, 0.3) is 0 Å². The van der Waals surface area contributed by atoms with Gasteiger partial charge >= 0.3 is 0 Å². The van der Waals surface area contributed by atoms with Gasteiger partial charge in [0.25, 0.3) is 5.91 Å². The zero-order chi connectivity index (χ0) is 15.1. The first-order chi connectivity index (χ1) is 9.43. The normalized spacial score (nSPS) is 12.3. The molecule has 1 amide bonds. The molecule has 0 spiro atoms. The fraction of sp³-hybridized carbons (Fsp3) is 0.412. The van der Waals surface area contributed by atoms with Gasteiger partial charge in [0.1, 0.15) is 5.84 Å². The van der Waals surface area contributed by atoms with Gasteiger partial charge in [-0.25, -0.2) is 0 Å². The van der Waals surface area contributed by atoms with E-state index in [9.17, 15) is 4.79 Å². The summed E-state index contributed by atoms with van der Waals surface area (Å²) in [5, 5.41) is 2.82. The predicted molar refractivity (Wildman–Crippen MR) is 84.0 cm³/mol. The highest BCUT2D eigenvalue weighted by Crippen LogP contribution is 2.10. The Morgan fingerprint density at radius 2 is 2.10 bits per heavy atom. The van der Waals surface area contributed by atoms with Gasteiger partial charge in [-0.1, -0.05) is 23.6 Å². The van der Waals surface area contributed by atoms with Crippen LogP contribution in [0, 0.1) is 31.6 Å². The molecule has 1 aromatic carbocycles. The van der Waals surface area contributed by atoms with Crippen molar-refractivity contribution < 1.29 is 4.79 Å². The summed E-state index contributed by atoms with van der Waals surface area (Å²) < 4.78 is 0. The minimum Gasteiger partial charge on any atom is -0.311 e. The zero-order valence-electron chi connectivity index (χ0n) is 12.9. The van der Waals surface area contributed by atoms with Crippen LogP contribution in [0.3, 0.4) is 0 Å². The van der Waals surface area contributed by atoms with E-state index < -0.39 is 0 Å². The fourth-order valence-corrected chi connectivity index (χ4v) is 1.82. The van der Waals surface area contributed by atoms with E-state index in [1.807, 2.05) is 45.9 Å². The zero-order valence-corrected chi connectivity index (χ0v) is 12.9. The van der Waals surface area contributed by atoms with Gasteiger partial charge in [0, 0.05) is 11.5 Å². The van der Waals surface area contributed by atoms with Crippen molar-refractivity contribution in [2.24, 2.45) is 10.9 Å². The molecule has 20 heavy (non-hydrogen) atoms. The van der Waals surface area contributed by atoms with Crippen molar-refractivity contribution in [3.05, 3.63) is 34.9 Å². The van der Waals surface area contributed by atoms with Gasteiger partial charge in [-0.05, 0) is 46.2 Å². The third-order valence-corrected chi connectivity index (χ3v) is 2.93. The molecule has 0 heterocycles. The molecule has 1 N–H and O–H groups in total. The second-order valence-electron chi connectivity index (χ2n) is 4.99. The Morgan fingerprint density at radius 3 is 2.75 bits per heavy atom. The maximum Gasteiger partial charge on any atom is 0.256 e. The molecule has 1 aromatic rings. The summed E-state index contributed by atoms with van der Waals surface area (Å²) >= 11 is 0. The van der Waals surface area contributed by atoms with E-state index in [-0.39, 0.29) is 11.8 Å². The van der Waals surface area contributed by atoms with E-state index in [0.717, 1.165) is 11.1 Å². The Kier molecular flexibility index (Phi) is 5.99. The van der Waals surface area contributed by atoms with Gasteiger partial charge in [0.15, 0.2) is 0 Å². The highest BCUT2D eigenvalue weighted by molar-refractivity contribution is 6.06. The second-order valence-corrected chi connectivity index (χ2v) is 4.99. The van der Waals surface area contributed by atoms with Crippen LogP contribution in [0.1, 0.15) is 42.3 Å². The van der Waals surface area contributed by atoms with Crippen LogP contribution in [-0.4, -0.2) is 18.3 Å². The van der Waals surface area contributed by atoms with Gasteiger partial charge in [0.05, 0.1) is 6.54 Å². The maximum absolute atomic E-state index is 12.2. The second kappa shape index (κ2) is 7.49. The lowest BCUT2D eigenvalue weighted by Gasteiger charge is -2.09. The van der Waals surface area contributed by atoms with Crippen molar-refractivity contribution >= 4 is 11.7 Å². The number of carbonyl (C=O) groups is 1. The first-order valence-corrected chi connectivity index (χ1v) is 6.76. The number of rotatable bonds is 3. The Morgan fingerprint density at radius 1 is 1.40 bits per heavy atom. The highest BCUT2D eigenvalue weighted by atomic mass is 16.1. The Bertz CT molecular complexity index is 576. The number of hydrogen-bond acceptors (Lipinski definition) is 2. The van der Waals surface area contributed by atoms with Crippen molar-refractivity contribution in [3.8, 4) is 11.8 Å². The van der Waals surface area contributed by atoms with Crippen LogP contribution in [0.5, 0.6) is 0 Å². The van der Waals surface area contributed by atoms with E-state index >= 15 is 0 Å². The summed E-state index contributed by atoms with van der Waals surface area (Å²) in [6.07, 6.45) is 0. The highest BCUT2D eigenvalue weighted by Gasteiger charge is 2.09. The van der Waals surface area contributed by atoms with Crippen molar-refractivity contribution in [2.45, 2.75) is 34.6 Å². The summed E-state index contributed by atoms with van der Waals surface area (Å²) in [5.74, 6) is 6.62. The standard InChI is InChI=1S/C17H22N2O/c1-6-7-13(3)11-18-15(5)19-17(20)16-10-12(2)8-9-14(16)4/h8-10,13H,11H2,1-5H3,(H,18,19,20)/t13-/m0/s1. The molecule has 106 valence electrons. The summed E-state index contributed by atoms with van der Waals surface area (Å²) in [4.78, 5) is 16.5. The Balaban J connectivity index is 2.72. The molecular formula is C17H22N2O. The number of nitrogens with one attached hydrogen (secondary N) is 1. The van der Waals surface area contributed by atoms with Gasteiger partial charge in [-0.3, -0.25) is 9.79 Å². The third-order valence-electron chi connectivity index (χ3n) is 2.93. The molecule has 1 atom stereocenters. The molecule has 0 radical (unpaired) electrons. The number of amides is 1. The molecule has 0 aliphatic rings. The third kappa shape index (κ3) is 4.89. The topological polar surface area (TPSA) is 41.5 Å². The average Bonchev–Trinajstić information content (AvgIpc) is 2.39. The average molecular weight is 270 g/mol. The first kappa shape index (κ1) is 16.0. The molecule has 0 bridgehead atoms. The summed E-state index contributed by atoms with van der Waals surface area (Å²) in [5.41, 5.74) is 2.73. The summed E-state index contributed by atoms with van der Waals surface area (Å²) in [6.45, 7) is 10.1. The number of benzene rings is 1. The minimum absolute atomic E-state index is 0.110. The van der Waals surface area contributed by atoms with E-state index in [0.29, 0.717) is 17.9 Å². The predicted octanol–water partition coefficient (Wildman–Crippen LogP) is 3.11. The van der Waals surface area contributed by atoms with Gasteiger partial charge < -0.3 is 5.32 Å². The first-order valence-electron chi connectivity index (χ1n) is 6.76. The van der Waals surface area contributed by atoms with Crippen LogP contribution in [0.4, 0.5) is 0 Å². The molecule has 0 saturated carbocycles. The molecule has 0 unspecified atom stereocenters. The number of amidine groups is 1. The van der Waals surface area contributed by atoms with Crippen LogP contribution < -0.4 is 5.32 Å². The van der Waals surface area contributed by atoms with Gasteiger partial charge in [0.2, 0.25) is 0 Å². The molecule has 0 aliphatic heterocycles. The largest absolute Gasteiger partial charge is 0.311 e. The van der Waals surface area contributed by atoms with Gasteiger partial charge in [-0.2, -0.15) is 0 Å². The van der Waals surface area contributed by atoms with Crippen molar-refractivity contribution in [1.29, 1.82) is 0 Å². The molecular weight excluding hydrogens is 248 g/mol. The molecule has 0 aliphatic carbocycles. The van der Waals surface area contributed by atoms with Gasteiger partial charge in [-0.15, -0.1) is 5.92 Å². The number of nitrogens with zero attached hydrogens (tertiary/aromatic N) is 1. The summed E-state index contributed by atoms with van der Waals surface area (Å²) in [6, 6.07) is 5.84. The SMILES string of the molecule is CC#C[C@H](C)C/N=C(\C)NC(=O)c1cc(C)ccc1C. The van der Waals surface area contributed by atoms with E-state index in [2.05, 4.69) is 22.2 Å². The number of hydrogen-bond donors (Lipinski definition) is 1. The van der Waals surface area contributed by atoms with Crippen molar-refractivity contribution in [2.75, 3.05) is 6.54 Å². The minimum atomic E-state index is -0.110. The van der Waals surface area contributed by atoms with Crippen LogP contribution in [-0.2, 0) is 0 Å². The lowest BCUT2D eigenvalue weighted by Crippen LogP contribution is -2.29. The molecule has 1 rings (SSSR count). The van der Waals surface area contributed by atoms with E-state index in [4.69, 9.17) is 0 Å². The Labute approximate surface area is 121 Å². The monoisotopic (exact) mass is 270 g/mol. The number of carbonyl (C=O) groups excluding carboxylic acids is 1. The number of aryl methyl sites for hydroxylation is 2. The van der Waals surface area contributed by atoms with Crippen LogP contribution in [0.2, 0.25) is 0 Å².